The van der Waals surface area contributed by atoms with Crippen LogP contribution < -0.4 is 14.8 Å². The third-order valence-corrected chi connectivity index (χ3v) is 7.17. The minimum Gasteiger partial charge on any atom is -0.497 e. The van der Waals surface area contributed by atoms with Gasteiger partial charge in [-0.05, 0) is 80.1 Å². The predicted molar refractivity (Wildman–Crippen MR) is 155 cm³/mol. The molecule has 1 atom stereocenters. The molecule has 0 bridgehead atoms. The second-order valence-electron chi connectivity index (χ2n) is 9.63. The Kier molecular flexibility index (Phi) is 6.74. The van der Waals surface area contributed by atoms with Gasteiger partial charge in [-0.1, -0.05) is 30.3 Å². The summed E-state index contributed by atoms with van der Waals surface area (Å²) in [6.07, 6.45) is 2.04. The second-order valence-corrected chi connectivity index (χ2v) is 9.63. The molecule has 2 aromatic heterocycles. The molecule has 0 saturated heterocycles. The van der Waals surface area contributed by atoms with Gasteiger partial charge in [-0.2, -0.15) is 5.10 Å². The summed E-state index contributed by atoms with van der Waals surface area (Å²) < 4.78 is 15.2. The fourth-order valence-electron chi connectivity index (χ4n) is 5.31. The molecule has 0 radical (unpaired) electrons. The number of fused-ring (bicyclic) bond motifs is 3. The molecule has 1 aliphatic heterocycles. The molecule has 8 heteroatoms. The summed E-state index contributed by atoms with van der Waals surface area (Å²) >= 11 is 0. The standard InChI is InChI=1S/C32H31N5O3/c1-4-40-26-17-15-24(16-18-26)33-32(38)36-21-28-22(2)34-37(25-11-6-5-7-12-25)31(28)35-19-9-14-29(35)30(36)23-10-8-13-27(20-23)39-3/h5-20,30H,4,21H2,1-3H3,(H,33,38)/t30-/m1/s1. The van der Waals surface area contributed by atoms with E-state index in [1.807, 2.05) is 115 Å². The lowest BCUT2D eigenvalue weighted by Gasteiger charge is -2.31. The number of anilines is 1. The van der Waals surface area contributed by atoms with Crippen LogP contribution in [0.5, 0.6) is 11.5 Å². The SMILES string of the molecule is CCOc1ccc(NC(=O)N2Cc3c(C)nn(-c4ccccc4)c3-n3cccc3[C@H]2c2cccc(OC)c2)cc1. The maximum atomic E-state index is 14.1. The summed E-state index contributed by atoms with van der Waals surface area (Å²) in [5.41, 5.74) is 5.39. The third-order valence-electron chi connectivity index (χ3n) is 7.17. The predicted octanol–water partition coefficient (Wildman–Crippen LogP) is 6.52. The van der Waals surface area contributed by atoms with Crippen LogP contribution in [0.2, 0.25) is 0 Å². The molecule has 0 saturated carbocycles. The first kappa shape index (κ1) is 25.3. The molecule has 2 amide bonds. The molecular weight excluding hydrogens is 502 g/mol. The number of nitrogens with zero attached hydrogens (tertiary/aromatic N) is 4. The number of benzene rings is 3. The highest BCUT2D eigenvalue weighted by molar-refractivity contribution is 5.90. The van der Waals surface area contributed by atoms with E-state index in [0.29, 0.717) is 18.8 Å². The number of hydrogen-bond acceptors (Lipinski definition) is 4. The maximum absolute atomic E-state index is 14.1. The van der Waals surface area contributed by atoms with E-state index in [-0.39, 0.29) is 12.1 Å². The monoisotopic (exact) mass is 533 g/mol. The van der Waals surface area contributed by atoms with E-state index < -0.39 is 0 Å². The van der Waals surface area contributed by atoms with Gasteiger partial charge in [0.15, 0.2) is 0 Å². The van der Waals surface area contributed by atoms with Gasteiger partial charge < -0.3 is 24.3 Å². The maximum Gasteiger partial charge on any atom is 0.322 e. The zero-order chi connectivity index (χ0) is 27.6. The van der Waals surface area contributed by atoms with Crippen LogP contribution in [-0.2, 0) is 6.54 Å². The van der Waals surface area contributed by atoms with Gasteiger partial charge in [-0.3, -0.25) is 0 Å². The van der Waals surface area contributed by atoms with Gasteiger partial charge >= 0.3 is 6.03 Å². The van der Waals surface area contributed by atoms with Crippen molar-refractivity contribution < 1.29 is 14.3 Å². The fourth-order valence-corrected chi connectivity index (χ4v) is 5.31. The quantitative estimate of drug-likeness (QED) is 0.270. The van der Waals surface area contributed by atoms with Gasteiger partial charge in [0.1, 0.15) is 17.3 Å². The largest absolute Gasteiger partial charge is 0.497 e. The number of methoxy groups -OCH3 is 1. The third kappa shape index (κ3) is 4.58. The molecule has 0 spiro atoms. The van der Waals surface area contributed by atoms with Crippen molar-refractivity contribution in [2.24, 2.45) is 0 Å². The Labute approximate surface area is 233 Å². The lowest BCUT2D eigenvalue weighted by Crippen LogP contribution is -2.38. The Morgan fingerprint density at radius 1 is 0.975 bits per heavy atom. The zero-order valence-corrected chi connectivity index (χ0v) is 22.7. The number of hydrogen-bond donors (Lipinski definition) is 1. The van der Waals surface area contributed by atoms with Crippen LogP contribution >= 0.6 is 0 Å². The van der Waals surface area contributed by atoms with Crippen LogP contribution in [0.1, 0.15) is 35.5 Å². The van der Waals surface area contributed by atoms with Gasteiger partial charge in [0.2, 0.25) is 0 Å². The minimum atomic E-state index is -0.385. The lowest BCUT2D eigenvalue weighted by molar-refractivity contribution is 0.194. The first-order valence-corrected chi connectivity index (χ1v) is 13.3. The summed E-state index contributed by atoms with van der Waals surface area (Å²) in [7, 11) is 1.65. The van der Waals surface area contributed by atoms with E-state index in [4.69, 9.17) is 14.6 Å². The molecule has 202 valence electrons. The summed E-state index contributed by atoms with van der Waals surface area (Å²) in [5, 5.41) is 8.03. The highest BCUT2D eigenvalue weighted by Crippen LogP contribution is 2.39. The Morgan fingerprint density at radius 2 is 1.77 bits per heavy atom. The van der Waals surface area contributed by atoms with Gasteiger partial charge in [0.25, 0.3) is 0 Å². The summed E-state index contributed by atoms with van der Waals surface area (Å²) in [4.78, 5) is 16.0. The normalized spacial score (nSPS) is 14.2. The van der Waals surface area contributed by atoms with Crippen molar-refractivity contribution in [2.45, 2.75) is 26.4 Å². The molecule has 0 aliphatic carbocycles. The van der Waals surface area contributed by atoms with Crippen molar-refractivity contribution in [1.29, 1.82) is 0 Å². The van der Waals surface area contributed by atoms with Crippen LogP contribution in [0, 0.1) is 6.92 Å². The Hall–Kier alpha value is -4.98. The van der Waals surface area contributed by atoms with Crippen molar-refractivity contribution >= 4 is 11.7 Å². The number of aromatic nitrogens is 3. The van der Waals surface area contributed by atoms with E-state index in [1.54, 1.807) is 7.11 Å². The molecule has 0 fully saturated rings. The average Bonchev–Trinajstić information content (AvgIpc) is 3.55. The molecule has 8 nitrogen and oxygen atoms in total. The minimum absolute atomic E-state index is 0.218. The van der Waals surface area contributed by atoms with Crippen LogP contribution in [-0.4, -0.2) is 39.0 Å². The van der Waals surface area contributed by atoms with Crippen LogP contribution in [0.4, 0.5) is 10.5 Å². The van der Waals surface area contributed by atoms with E-state index in [9.17, 15) is 4.79 Å². The highest BCUT2D eigenvalue weighted by atomic mass is 16.5. The van der Waals surface area contributed by atoms with Gasteiger partial charge in [0, 0.05) is 17.4 Å². The second kappa shape index (κ2) is 10.6. The van der Waals surface area contributed by atoms with Gasteiger partial charge in [-0.15, -0.1) is 0 Å². The summed E-state index contributed by atoms with van der Waals surface area (Å²) in [5.74, 6) is 2.42. The van der Waals surface area contributed by atoms with E-state index >= 15 is 0 Å². The molecule has 3 heterocycles. The highest BCUT2D eigenvalue weighted by Gasteiger charge is 2.36. The first-order chi connectivity index (χ1) is 19.6. The van der Waals surface area contributed by atoms with Crippen molar-refractivity contribution in [3.63, 3.8) is 0 Å². The zero-order valence-electron chi connectivity index (χ0n) is 22.7. The number of nitrogens with one attached hydrogen (secondary N) is 1. The fraction of sp³-hybridized carbons (Fsp3) is 0.188. The van der Waals surface area contributed by atoms with Gasteiger partial charge in [0.05, 0.1) is 43.4 Å². The number of ether oxygens (including phenoxy) is 2. The van der Waals surface area contributed by atoms with Crippen LogP contribution in [0.3, 0.4) is 0 Å². The van der Waals surface area contributed by atoms with E-state index in [1.165, 1.54) is 0 Å². The molecule has 6 rings (SSSR count). The lowest BCUT2D eigenvalue weighted by atomic mass is 10.0. The molecule has 40 heavy (non-hydrogen) atoms. The summed E-state index contributed by atoms with van der Waals surface area (Å²) in [6.45, 7) is 4.88. The average molecular weight is 534 g/mol. The number of aryl methyl sites for hydroxylation is 1. The molecular formula is C32H31N5O3. The molecule has 0 unspecified atom stereocenters. The van der Waals surface area contributed by atoms with Crippen molar-refractivity contribution in [1.82, 2.24) is 19.2 Å². The van der Waals surface area contributed by atoms with Crippen molar-refractivity contribution in [3.8, 4) is 23.0 Å². The number of carbonyl (C=O) groups is 1. The molecule has 1 N–H and O–H groups in total. The van der Waals surface area contributed by atoms with E-state index in [2.05, 4.69) is 16.0 Å². The summed E-state index contributed by atoms with van der Waals surface area (Å²) in [6, 6.07) is 28.9. The Balaban J connectivity index is 1.49. The topological polar surface area (TPSA) is 73.5 Å². The number of carbonyl (C=O) groups excluding carboxylic acids is 1. The molecule has 1 aliphatic rings. The first-order valence-electron chi connectivity index (χ1n) is 13.3. The number of para-hydroxylation sites is 1. The Bertz CT molecular complexity index is 1640. The number of rotatable bonds is 6. The van der Waals surface area contributed by atoms with Crippen LogP contribution in [0.15, 0.2) is 97.2 Å². The van der Waals surface area contributed by atoms with Crippen molar-refractivity contribution in [3.05, 3.63) is 120 Å². The van der Waals surface area contributed by atoms with E-state index in [0.717, 1.165) is 45.5 Å². The van der Waals surface area contributed by atoms with Crippen LogP contribution in [0.25, 0.3) is 11.5 Å². The van der Waals surface area contributed by atoms with Gasteiger partial charge in [-0.25, -0.2) is 9.48 Å². The number of amides is 2. The smallest absolute Gasteiger partial charge is 0.322 e. The number of urea groups is 1. The molecule has 3 aromatic carbocycles. The Morgan fingerprint density at radius 3 is 2.52 bits per heavy atom. The molecule has 5 aromatic rings. The van der Waals surface area contributed by atoms with Crippen molar-refractivity contribution in [2.75, 3.05) is 19.0 Å².